The molecule has 2 unspecified atom stereocenters. The van der Waals surface area contributed by atoms with Gasteiger partial charge in [0.1, 0.15) is 0 Å². The van der Waals surface area contributed by atoms with Gasteiger partial charge in [0, 0.05) is 12.1 Å². The molecule has 0 aromatic carbocycles. The lowest BCUT2D eigenvalue weighted by Gasteiger charge is -2.49. The highest BCUT2D eigenvalue weighted by Crippen LogP contribution is 2.42. The minimum atomic E-state index is 0. The van der Waals surface area contributed by atoms with Crippen LogP contribution < -0.4 is 0 Å². The molecule has 176 valence electrons. The summed E-state index contributed by atoms with van der Waals surface area (Å²) in [7, 11) is 4.47. The van der Waals surface area contributed by atoms with E-state index in [1.54, 1.807) is 0 Å². The number of aliphatic hydroxyl groups is 1. The molecule has 0 amide bonds. The van der Waals surface area contributed by atoms with Gasteiger partial charge in [-0.2, -0.15) is 0 Å². The molecular formula is C26H54BrNO. The molecule has 1 fully saturated rings. The van der Waals surface area contributed by atoms with Crippen LogP contribution in [0, 0.1) is 5.92 Å². The van der Waals surface area contributed by atoms with Crippen molar-refractivity contribution in [2.75, 3.05) is 20.7 Å². The fourth-order valence-electron chi connectivity index (χ4n) is 5.63. The molecule has 0 bridgehead atoms. The molecule has 0 aromatic rings. The van der Waals surface area contributed by atoms with E-state index < -0.39 is 0 Å². The van der Waals surface area contributed by atoms with E-state index in [9.17, 15) is 5.11 Å². The lowest BCUT2D eigenvalue weighted by atomic mass is 9.68. The molecular weight excluding hydrogens is 422 g/mol. The molecule has 2 atom stereocenters. The summed E-state index contributed by atoms with van der Waals surface area (Å²) >= 11 is 0. The first-order valence-corrected chi connectivity index (χ1v) is 13.0. The van der Waals surface area contributed by atoms with E-state index in [1.165, 1.54) is 122 Å². The number of hydrogen-bond donors (Lipinski definition) is 1. The molecule has 1 saturated carbocycles. The lowest BCUT2D eigenvalue weighted by molar-refractivity contribution is 0.00949. The van der Waals surface area contributed by atoms with Gasteiger partial charge in [0.15, 0.2) is 0 Å². The Bertz CT molecular complexity index is 346. The summed E-state index contributed by atoms with van der Waals surface area (Å²) in [5.41, 5.74) is 0.267. The van der Waals surface area contributed by atoms with Gasteiger partial charge in [-0.05, 0) is 45.7 Å². The molecule has 29 heavy (non-hydrogen) atoms. The number of hydrogen-bond acceptors (Lipinski definition) is 2. The molecule has 2 nitrogen and oxygen atoms in total. The van der Waals surface area contributed by atoms with Crippen LogP contribution in [0.2, 0.25) is 0 Å². The molecule has 1 N–H and O–H groups in total. The molecule has 1 aliphatic carbocycles. The average molecular weight is 477 g/mol. The smallest absolute Gasteiger partial charge is 0.0448 e. The molecule has 0 radical (unpaired) electrons. The summed E-state index contributed by atoms with van der Waals surface area (Å²) in [6, 6.07) is 0. The maximum atomic E-state index is 9.62. The van der Waals surface area contributed by atoms with Crippen LogP contribution >= 0.6 is 17.0 Å². The Balaban J connectivity index is 0.00000784. The fourth-order valence-corrected chi connectivity index (χ4v) is 5.63. The Morgan fingerprint density at radius 2 is 1.24 bits per heavy atom. The second kappa shape index (κ2) is 19.1. The molecule has 0 heterocycles. The third kappa shape index (κ3) is 12.1. The van der Waals surface area contributed by atoms with Crippen molar-refractivity contribution in [2.24, 2.45) is 5.92 Å². The summed E-state index contributed by atoms with van der Waals surface area (Å²) in [4.78, 5) is 2.44. The van der Waals surface area contributed by atoms with Crippen molar-refractivity contribution in [2.45, 2.75) is 141 Å². The third-order valence-corrected chi connectivity index (χ3v) is 7.51. The minimum Gasteiger partial charge on any atom is -0.396 e. The predicted molar refractivity (Wildman–Crippen MR) is 135 cm³/mol. The zero-order valence-corrected chi connectivity index (χ0v) is 21.9. The van der Waals surface area contributed by atoms with Gasteiger partial charge in [-0.15, -0.1) is 17.0 Å². The first kappa shape index (κ1) is 29.4. The second-order valence-corrected chi connectivity index (χ2v) is 9.80. The highest BCUT2D eigenvalue weighted by Gasteiger charge is 2.41. The van der Waals surface area contributed by atoms with Gasteiger partial charge in [-0.25, -0.2) is 0 Å². The summed E-state index contributed by atoms with van der Waals surface area (Å²) in [5.74, 6) is 0.792. The zero-order valence-electron chi connectivity index (χ0n) is 20.2. The normalized spacial score (nSPS) is 22.0. The fraction of sp³-hybridized carbons (Fsp3) is 1.00. The van der Waals surface area contributed by atoms with Crippen LogP contribution in [-0.4, -0.2) is 36.2 Å². The minimum absolute atomic E-state index is 0. The number of aliphatic hydroxyl groups excluding tert-OH is 1. The van der Waals surface area contributed by atoms with Crippen molar-refractivity contribution in [1.82, 2.24) is 4.90 Å². The Kier molecular flexibility index (Phi) is 19.4. The molecule has 0 saturated heterocycles. The number of nitrogens with zero attached hydrogens (tertiary/aromatic N) is 1. The largest absolute Gasteiger partial charge is 0.396 e. The van der Waals surface area contributed by atoms with Gasteiger partial charge >= 0.3 is 0 Å². The van der Waals surface area contributed by atoms with Crippen LogP contribution in [0.15, 0.2) is 0 Å². The van der Waals surface area contributed by atoms with E-state index in [-0.39, 0.29) is 22.5 Å². The molecule has 1 aliphatic rings. The first-order chi connectivity index (χ1) is 13.7. The summed E-state index contributed by atoms with van der Waals surface area (Å²) < 4.78 is 0. The highest BCUT2D eigenvalue weighted by atomic mass is 79.9. The SMILES string of the molecule is Br.CCCCCCCCCCCCCCCCC1CCCCC1(CCO)N(C)C. The van der Waals surface area contributed by atoms with Crippen molar-refractivity contribution in [3.05, 3.63) is 0 Å². The highest BCUT2D eigenvalue weighted by molar-refractivity contribution is 8.93. The van der Waals surface area contributed by atoms with Gasteiger partial charge in [0.2, 0.25) is 0 Å². The topological polar surface area (TPSA) is 23.5 Å². The Morgan fingerprint density at radius 3 is 1.69 bits per heavy atom. The van der Waals surface area contributed by atoms with Crippen molar-refractivity contribution >= 4 is 17.0 Å². The zero-order chi connectivity index (χ0) is 20.5. The van der Waals surface area contributed by atoms with Crippen molar-refractivity contribution in [3.8, 4) is 0 Å². The van der Waals surface area contributed by atoms with Gasteiger partial charge in [-0.1, -0.05) is 110 Å². The predicted octanol–water partition coefficient (Wildman–Crippen LogP) is 8.31. The van der Waals surface area contributed by atoms with Gasteiger partial charge in [-0.3, -0.25) is 0 Å². The Labute approximate surface area is 194 Å². The van der Waals surface area contributed by atoms with Crippen LogP contribution in [-0.2, 0) is 0 Å². The monoisotopic (exact) mass is 475 g/mol. The van der Waals surface area contributed by atoms with E-state index >= 15 is 0 Å². The van der Waals surface area contributed by atoms with Crippen LogP contribution in [0.4, 0.5) is 0 Å². The van der Waals surface area contributed by atoms with E-state index in [0.29, 0.717) is 6.61 Å². The summed E-state index contributed by atoms with van der Waals surface area (Å²) in [6.45, 7) is 2.64. The van der Waals surface area contributed by atoms with Crippen LogP contribution in [0.25, 0.3) is 0 Å². The van der Waals surface area contributed by atoms with Crippen LogP contribution in [0.5, 0.6) is 0 Å². The summed E-state index contributed by atoms with van der Waals surface area (Å²) in [6.07, 6.45) is 27.9. The quantitative estimate of drug-likeness (QED) is 0.201. The van der Waals surface area contributed by atoms with Crippen molar-refractivity contribution in [1.29, 1.82) is 0 Å². The van der Waals surface area contributed by atoms with E-state index in [0.717, 1.165) is 12.3 Å². The van der Waals surface area contributed by atoms with Gasteiger partial charge in [0.25, 0.3) is 0 Å². The third-order valence-electron chi connectivity index (χ3n) is 7.51. The van der Waals surface area contributed by atoms with Crippen molar-refractivity contribution < 1.29 is 5.11 Å². The molecule has 1 rings (SSSR count). The summed E-state index contributed by atoms with van der Waals surface area (Å²) in [5, 5.41) is 9.62. The molecule has 0 aliphatic heterocycles. The van der Waals surface area contributed by atoms with E-state index in [4.69, 9.17) is 0 Å². The van der Waals surface area contributed by atoms with E-state index in [2.05, 4.69) is 25.9 Å². The lowest BCUT2D eigenvalue weighted by Crippen LogP contribution is -2.52. The first-order valence-electron chi connectivity index (χ1n) is 13.0. The average Bonchev–Trinajstić information content (AvgIpc) is 2.69. The van der Waals surface area contributed by atoms with E-state index in [1.807, 2.05) is 0 Å². The van der Waals surface area contributed by atoms with Crippen LogP contribution in [0.3, 0.4) is 0 Å². The molecule has 0 spiro atoms. The van der Waals surface area contributed by atoms with Gasteiger partial charge < -0.3 is 10.0 Å². The van der Waals surface area contributed by atoms with Crippen molar-refractivity contribution in [3.63, 3.8) is 0 Å². The second-order valence-electron chi connectivity index (χ2n) is 9.80. The number of halogens is 1. The number of rotatable bonds is 18. The maximum absolute atomic E-state index is 9.62. The molecule has 3 heteroatoms. The maximum Gasteiger partial charge on any atom is 0.0448 e. The standard InChI is InChI=1S/C26H53NO.BrH/c1-4-5-6-7-8-9-10-11-12-13-14-15-16-17-20-25-21-18-19-22-26(25,23-24-28)27(2)3;/h25,28H,4-24H2,1-3H3;1H. The Hall–Kier alpha value is 0.400. The van der Waals surface area contributed by atoms with Crippen LogP contribution in [0.1, 0.15) is 135 Å². The molecule has 0 aromatic heterocycles. The Morgan fingerprint density at radius 1 is 0.759 bits per heavy atom. The van der Waals surface area contributed by atoms with Gasteiger partial charge in [0.05, 0.1) is 0 Å². The number of unbranched alkanes of at least 4 members (excludes halogenated alkanes) is 13.